The Morgan fingerprint density at radius 2 is 1.75 bits per heavy atom. The molecule has 0 aromatic heterocycles. The Bertz CT molecular complexity index is 976. The smallest absolute Gasteiger partial charge is 0.330 e. The summed E-state index contributed by atoms with van der Waals surface area (Å²) in [6, 6.07) is 7.64. The second kappa shape index (κ2) is 7.47. The quantitative estimate of drug-likeness (QED) is 0.228. The van der Waals surface area contributed by atoms with Gasteiger partial charge in [-0.2, -0.15) is 4.39 Å². The average molecular weight is 451 g/mol. The Hall–Kier alpha value is -3.14. The first-order valence-corrected chi connectivity index (χ1v) is 8.82. The molecule has 0 spiro atoms. The predicted molar refractivity (Wildman–Crippen MR) is 97.5 cm³/mol. The van der Waals surface area contributed by atoms with E-state index in [1.165, 1.54) is 18.2 Å². The van der Waals surface area contributed by atoms with E-state index in [-0.39, 0.29) is 16.7 Å². The van der Waals surface area contributed by atoms with Gasteiger partial charge in [-0.1, -0.05) is 34.1 Å². The van der Waals surface area contributed by atoms with Gasteiger partial charge in [-0.3, -0.25) is 24.6 Å². The van der Waals surface area contributed by atoms with Crippen molar-refractivity contribution in [3.8, 4) is 0 Å². The van der Waals surface area contributed by atoms with Crippen LogP contribution in [0.2, 0.25) is 0 Å². The van der Waals surface area contributed by atoms with Gasteiger partial charge in [0.25, 0.3) is 11.8 Å². The monoisotopic (exact) mass is 450 g/mol. The maximum atomic E-state index is 13.6. The van der Waals surface area contributed by atoms with Gasteiger partial charge in [0.1, 0.15) is 0 Å². The van der Waals surface area contributed by atoms with Crippen molar-refractivity contribution in [2.24, 2.45) is 0 Å². The number of rotatable bonds is 5. The summed E-state index contributed by atoms with van der Waals surface area (Å²) >= 11 is 3.22. The first-order chi connectivity index (χ1) is 13.3. The number of fused-ring (bicyclic) bond motifs is 1. The van der Waals surface area contributed by atoms with Gasteiger partial charge in [0.15, 0.2) is 6.04 Å². The summed E-state index contributed by atoms with van der Waals surface area (Å²) in [7, 11) is 1.08. The van der Waals surface area contributed by atoms with Gasteiger partial charge in [0.2, 0.25) is 5.82 Å². The SMILES string of the molecule is COC(=O)[C@H](C(Br)c1ccc(F)c([N+](=O)[O-])c1)N1C(=O)c2ccccc2C1=O. The number of hydrogen-bond acceptors (Lipinski definition) is 6. The Kier molecular flexibility index (Phi) is 5.23. The number of hydrogen-bond donors (Lipinski definition) is 0. The van der Waals surface area contributed by atoms with Crippen molar-refractivity contribution in [3.05, 3.63) is 75.1 Å². The minimum Gasteiger partial charge on any atom is -0.467 e. The molecule has 144 valence electrons. The Morgan fingerprint density at radius 1 is 1.18 bits per heavy atom. The van der Waals surface area contributed by atoms with Crippen LogP contribution in [0.3, 0.4) is 0 Å². The van der Waals surface area contributed by atoms with E-state index in [1.54, 1.807) is 12.1 Å². The van der Waals surface area contributed by atoms with Crippen molar-refractivity contribution in [2.45, 2.75) is 10.9 Å². The van der Waals surface area contributed by atoms with E-state index in [9.17, 15) is 28.9 Å². The lowest BCUT2D eigenvalue weighted by atomic mass is 10.0. The largest absolute Gasteiger partial charge is 0.467 e. The van der Waals surface area contributed by atoms with Crippen LogP contribution < -0.4 is 0 Å². The highest BCUT2D eigenvalue weighted by molar-refractivity contribution is 9.09. The minimum atomic E-state index is -1.46. The van der Waals surface area contributed by atoms with E-state index in [0.717, 1.165) is 24.1 Å². The number of nitro groups is 1. The highest BCUT2D eigenvalue weighted by Crippen LogP contribution is 2.37. The maximum Gasteiger partial charge on any atom is 0.330 e. The van der Waals surface area contributed by atoms with Crippen molar-refractivity contribution >= 4 is 39.4 Å². The van der Waals surface area contributed by atoms with Gasteiger partial charge in [0, 0.05) is 6.07 Å². The molecule has 0 bridgehead atoms. The molecule has 3 rings (SSSR count). The zero-order chi connectivity index (χ0) is 20.6. The molecule has 1 aliphatic heterocycles. The van der Waals surface area contributed by atoms with Crippen molar-refractivity contribution in [1.82, 2.24) is 4.90 Å². The molecule has 0 aliphatic carbocycles. The summed E-state index contributed by atoms with van der Waals surface area (Å²) in [5.41, 5.74) is -0.412. The number of carbonyl (C=O) groups excluding carboxylic acids is 3. The summed E-state index contributed by atoms with van der Waals surface area (Å²) in [4.78, 5) is 47.7. The van der Waals surface area contributed by atoms with E-state index in [0.29, 0.717) is 0 Å². The van der Waals surface area contributed by atoms with Crippen LogP contribution in [0.15, 0.2) is 42.5 Å². The fourth-order valence-electron chi connectivity index (χ4n) is 2.96. The molecule has 1 unspecified atom stereocenters. The van der Waals surface area contributed by atoms with Gasteiger partial charge < -0.3 is 4.74 Å². The first-order valence-electron chi connectivity index (χ1n) is 7.90. The van der Waals surface area contributed by atoms with Crippen LogP contribution >= 0.6 is 15.9 Å². The Labute approximate surface area is 166 Å². The molecule has 8 nitrogen and oxygen atoms in total. The molecule has 2 amide bonds. The van der Waals surface area contributed by atoms with E-state index in [4.69, 9.17) is 4.74 Å². The molecule has 2 aromatic rings. The molecular weight excluding hydrogens is 439 g/mol. The van der Waals surface area contributed by atoms with Crippen LogP contribution in [-0.2, 0) is 9.53 Å². The number of nitro benzene ring substituents is 1. The lowest BCUT2D eigenvalue weighted by molar-refractivity contribution is -0.387. The lowest BCUT2D eigenvalue weighted by Crippen LogP contribution is -2.47. The molecule has 0 saturated carbocycles. The number of benzene rings is 2. The fraction of sp³-hybridized carbons (Fsp3) is 0.167. The summed E-state index contributed by atoms with van der Waals surface area (Å²) in [5, 5.41) is 11.0. The number of esters is 1. The molecule has 2 atom stereocenters. The number of imide groups is 1. The standard InChI is InChI=1S/C18H12BrFN2O6/c1-28-18(25)15(14(19)9-6-7-12(20)13(8-9)22(26)27)21-16(23)10-4-2-3-5-11(10)17(21)24/h2-8,14-15H,1H3/t14?,15-/m0/s1. The molecule has 0 radical (unpaired) electrons. The van der Waals surface area contributed by atoms with Gasteiger partial charge in [-0.05, 0) is 23.8 Å². The lowest BCUT2D eigenvalue weighted by Gasteiger charge is -2.28. The number of halogens is 2. The molecule has 2 aromatic carbocycles. The average Bonchev–Trinajstić information content (AvgIpc) is 2.93. The molecule has 1 heterocycles. The van der Waals surface area contributed by atoms with Gasteiger partial charge in [-0.25, -0.2) is 4.79 Å². The summed E-state index contributed by atoms with van der Waals surface area (Å²) in [6.45, 7) is 0. The van der Waals surface area contributed by atoms with Crippen LogP contribution in [0.4, 0.5) is 10.1 Å². The summed E-state index contributed by atoms with van der Waals surface area (Å²) in [5.74, 6) is -3.36. The maximum absolute atomic E-state index is 13.6. The van der Waals surface area contributed by atoms with Crippen LogP contribution in [0.5, 0.6) is 0 Å². The fourth-order valence-corrected chi connectivity index (χ4v) is 3.70. The molecule has 0 saturated heterocycles. The number of alkyl halides is 1. The topological polar surface area (TPSA) is 107 Å². The summed E-state index contributed by atoms with van der Waals surface area (Å²) in [6.07, 6.45) is 0. The van der Waals surface area contributed by atoms with E-state index in [1.807, 2.05) is 0 Å². The number of methoxy groups -OCH3 is 1. The third-order valence-corrected chi connectivity index (χ3v) is 5.34. The third-order valence-electron chi connectivity index (χ3n) is 4.31. The van der Waals surface area contributed by atoms with E-state index in [2.05, 4.69) is 15.9 Å². The van der Waals surface area contributed by atoms with Crippen molar-refractivity contribution in [2.75, 3.05) is 7.11 Å². The first kappa shape index (κ1) is 19.6. The van der Waals surface area contributed by atoms with E-state index < -0.39 is 45.1 Å². The molecule has 10 heteroatoms. The Balaban J connectivity index is 2.06. The van der Waals surface area contributed by atoms with E-state index >= 15 is 0 Å². The molecule has 0 fully saturated rings. The van der Waals surface area contributed by atoms with Gasteiger partial charge in [-0.15, -0.1) is 0 Å². The molecule has 1 aliphatic rings. The van der Waals surface area contributed by atoms with Crippen LogP contribution in [0.1, 0.15) is 31.1 Å². The zero-order valence-corrected chi connectivity index (χ0v) is 15.9. The number of ether oxygens (including phenoxy) is 1. The van der Waals surface area contributed by atoms with Crippen molar-refractivity contribution in [3.63, 3.8) is 0 Å². The highest BCUT2D eigenvalue weighted by Gasteiger charge is 2.46. The number of nitrogens with zero attached hydrogens (tertiary/aromatic N) is 2. The second-order valence-corrected chi connectivity index (χ2v) is 6.85. The number of carbonyl (C=O) groups is 3. The molecule has 0 N–H and O–H groups in total. The van der Waals surface area contributed by atoms with Crippen LogP contribution in [0.25, 0.3) is 0 Å². The van der Waals surface area contributed by atoms with Crippen molar-refractivity contribution < 1.29 is 28.4 Å². The van der Waals surface area contributed by atoms with Gasteiger partial charge in [0.05, 0.1) is 28.0 Å². The minimum absolute atomic E-state index is 0.125. The highest BCUT2D eigenvalue weighted by atomic mass is 79.9. The second-order valence-electron chi connectivity index (χ2n) is 5.86. The molecular formula is C18H12BrFN2O6. The zero-order valence-electron chi connectivity index (χ0n) is 14.3. The Morgan fingerprint density at radius 3 is 2.25 bits per heavy atom. The van der Waals surface area contributed by atoms with Crippen molar-refractivity contribution in [1.29, 1.82) is 0 Å². The number of amides is 2. The third kappa shape index (κ3) is 3.15. The van der Waals surface area contributed by atoms with Crippen LogP contribution in [-0.4, -0.2) is 40.8 Å². The van der Waals surface area contributed by atoms with Gasteiger partial charge >= 0.3 is 11.7 Å². The molecule has 28 heavy (non-hydrogen) atoms. The normalized spacial score (nSPS) is 15.2. The van der Waals surface area contributed by atoms with Crippen LogP contribution in [0, 0.1) is 15.9 Å². The summed E-state index contributed by atoms with van der Waals surface area (Å²) < 4.78 is 18.4. The predicted octanol–water partition coefficient (Wildman–Crippen LogP) is 3.01.